The third-order valence-electron chi connectivity index (χ3n) is 8.93. The Labute approximate surface area is 290 Å². The molecule has 6 aromatic rings. The van der Waals surface area contributed by atoms with Crippen molar-refractivity contribution in [3.63, 3.8) is 0 Å². The van der Waals surface area contributed by atoms with E-state index in [0.717, 1.165) is 33.2 Å². The number of fused-ring (bicyclic) bond motifs is 1. The molecule has 0 saturated heterocycles. The van der Waals surface area contributed by atoms with Gasteiger partial charge in [-0.2, -0.15) is 0 Å². The lowest BCUT2D eigenvalue weighted by atomic mass is 9.77. The molecule has 0 aliphatic rings. The molecule has 254 valence electrons. The molecule has 0 fully saturated rings. The number of amides is 1. The minimum atomic E-state index is -1.05. The number of carboxylic acid groups (broad SMARTS) is 1. The number of imidazole rings is 1. The zero-order valence-corrected chi connectivity index (χ0v) is 27.7. The van der Waals surface area contributed by atoms with Crippen molar-refractivity contribution in [2.45, 2.75) is 24.4 Å². The number of rotatable bonds is 15. The topological polar surface area (TPSA) is 130 Å². The van der Waals surface area contributed by atoms with Crippen LogP contribution in [0.3, 0.4) is 0 Å². The molecule has 2 aromatic heterocycles. The van der Waals surface area contributed by atoms with E-state index in [1.54, 1.807) is 11.2 Å². The van der Waals surface area contributed by atoms with Crippen LogP contribution in [0, 0.1) is 0 Å². The van der Waals surface area contributed by atoms with Crippen molar-refractivity contribution in [2.75, 3.05) is 26.7 Å². The van der Waals surface area contributed by atoms with Crippen LogP contribution in [0.25, 0.3) is 10.9 Å². The molecule has 3 N–H and O–H groups in total. The number of nitrogens with one attached hydrogen (secondary N) is 2. The summed E-state index contributed by atoms with van der Waals surface area (Å²) < 4.78 is 7.11. The standard InChI is InChI=1S/C40H39N5O5/c1-50-39(49)36(43-37(46)26-44(27-38(47)48)22-21-29-24-41-35-20-12-11-19-34(29)35)23-33-25-45(28-42-33)40(30-13-5-2-6-14-30,31-15-7-3-8-16-31)32-17-9-4-10-18-32/h2-20,24-25,28,36,41H,21-23,26-27H2,1H3,(H,43,46)(H,47,48). The zero-order chi connectivity index (χ0) is 34.9. The number of esters is 1. The number of hydrogen-bond acceptors (Lipinski definition) is 6. The van der Waals surface area contributed by atoms with Gasteiger partial charge in [-0.05, 0) is 34.7 Å². The summed E-state index contributed by atoms with van der Waals surface area (Å²) in [5.41, 5.74) is 4.84. The van der Waals surface area contributed by atoms with Crippen molar-refractivity contribution >= 4 is 28.7 Å². The summed E-state index contributed by atoms with van der Waals surface area (Å²) in [7, 11) is 1.27. The SMILES string of the molecule is COC(=O)C(Cc1cn(C(c2ccccc2)(c2ccccc2)c2ccccc2)cn1)NC(=O)CN(CCc1c[nH]c2ccccc12)CC(=O)O. The van der Waals surface area contributed by atoms with Gasteiger partial charge in [0.05, 0.1) is 32.2 Å². The lowest BCUT2D eigenvalue weighted by Gasteiger charge is -2.37. The first-order chi connectivity index (χ1) is 24.4. The van der Waals surface area contributed by atoms with E-state index in [1.807, 2.05) is 95.8 Å². The maximum absolute atomic E-state index is 13.4. The van der Waals surface area contributed by atoms with Crippen molar-refractivity contribution in [3.05, 3.63) is 162 Å². The third-order valence-corrected chi connectivity index (χ3v) is 8.93. The number of benzene rings is 4. The van der Waals surface area contributed by atoms with Gasteiger partial charge in [0.15, 0.2) is 0 Å². The van der Waals surface area contributed by atoms with Crippen LogP contribution >= 0.6 is 0 Å². The number of nitrogens with zero attached hydrogens (tertiary/aromatic N) is 3. The average Bonchev–Trinajstić information content (AvgIpc) is 3.79. The zero-order valence-electron chi connectivity index (χ0n) is 27.7. The molecule has 1 unspecified atom stereocenters. The largest absolute Gasteiger partial charge is 0.480 e. The Morgan fingerprint density at radius 3 is 2.02 bits per heavy atom. The van der Waals surface area contributed by atoms with E-state index in [-0.39, 0.29) is 19.5 Å². The highest BCUT2D eigenvalue weighted by atomic mass is 16.5. The van der Waals surface area contributed by atoms with Gasteiger partial charge in [0.1, 0.15) is 11.6 Å². The van der Waals surface area contributed by atoms with E-state index in [2.05, 4.69) is 46.7 Å². The number of carbonyl (C=O) groups is 3. The average molecular weight is 670 g/mol. The van der Waals surface area contributed by atoms with Crippen LogP contribution in [0.5, 0.6) is 0 Å². The van der Waals surface area contributed by atoms with E-state index >= 15 is 0 Å². The molecule has 0 aliphatic heterocycles. The Bertz CT molecular complexity index is 1950. The Kier molecular flexibility index (Phi) is 10.5. The molecule has 4 aromatic carbocycles. The highest BCUT2D eigenvalue weighted by Gasteiger charge is 2.38. The quantitative estimate of drug-likeness (QED) is 0.103. The summed E-state index contributed by atoms with van der Waals surface area (Å²) in [5.74, 6) is -2.17. The molecule has 50 heavy (non-hydrogen) atoms. The Hall–Kier alpha value is -6.00. The first kappa shape index (κ1) is 33.9. The fourth-order valence-electron chi connectivity index (χ4n) is 6.65. The van der Waals surface area contributed by atoms with Crippen molar-refractivity contribution in [1.82, 2.24) is 24.8 Å². The van der Waals surface area contributed by atoms with Gasteiger partial charge in [-0.15, -0.1) is 0 Å². The van der Waals surface area contributed by atoms with Crippen LogP contribution in [0.4, 0.5) is 0 Å². The molecule has 0 spiro atoms. The minimum Gasteiger partial charge on any atom is -0.480 e. The number of aromatic amines is 1. The third kappa shape index (κ3) is 7.35. The van der Waals surface area contributed by atoms with Crippen molar-refractivity contribution in [2.24, 2.45) is 0 Å². The van der Waals surface area contributed by atoms with Crippen molar-refractivity contribution in [1.29, 1.82) is 0 Å². The molecule has 0 aliphatic carbocycles. The minimum absolute atomic E-state index is 0.0636. The number of ether oxygens (including phenoxy) is 1. The normalized spacial score (nSPS) is 12.1. The van der Waals surface area contributed by atoms with Gasteiger partial charge in [-0.25, -0.2) is 9.78 Å². The molecule has 2 heterocycles. The van der Waals surface area contributed by atoms with Crippen LogP contribution in [-0.4, -0.2) is 75.2 Å². The summed E-state index contributed by atoms with van der Waals surface area (Å²) in [6, 6.07) is 37.3. The molecule has 0 saturated carbocycles. The monoisotopic (exact) mass is 669 g/mol. The van der Waals surface area contributed by atoms with Crippen LogP contribution < -0.4 is 5.32 Å². The lowest BCUT2D eigenvalue weighted by molar-refractivity contribution is -0.145. The predicted octanol–water partition coefficient (Wildman–Crippen LogP) is 5.03. The smallest absolute Gasteiger partial charge is 0.328 e. The molecule has 1 atom stereocenters. The first-order valence-corrected chi connectivity index (χ1v) is 16.4. The van der Waals surface area contributed by atoms with E-state index in [9.17, 15) is 19.5 Å². The summed E-state index contributed by atoms with van der Waals surface area (Å²) in [5, 5.41) is 13.4. The number of carboxylic acids is 1. The van der Waals surface area contributed by atoms with Gasteiger partial charge in [-0.3, -0.25) is 14.5 Å². The van der Waals surface area contributed by atoms with Crippen molar-refractivity contribution in [3.8, 4) is 0 Å². The first-order valence-electron chi connectivity index (χ1n) is 16.4. The molecule has 10 heteroatoms. The number of aliphatic carboxylic acids is 1. The van der Waals surface area contributed by atoms with Crippen LogP contribution in [0.2, 0.25) is 0 Å². The number of methoxy groups -OCH3 is 1. The second kappa shape index (κ2) is 15.5. The lowest BCUT2D eigenvalue weighted by Crippen LogP contribution is -2.48. The second-order valence-electron chi connectivity index (χ2n) is 12.1. The Morgan fingerprint density at radius 1 is 0.860 bits per heavy atom. The summed E-state index contributed by atoms with van der Waals surface area (Å²) in [4.78, 5) is 47.6. The van der Waals surface area contributed by atoms with Gasteiger partial charge < -0.3 is 24.7 Å². The molecule has 10 nitrogen and oxygen atoms in total. The molecular formula is C40H39N5O5. The summed E-state index contributed by atoms with van der Waals surface area (Å²) >= 11 is 0. The van der Waals surface area contributed by atoms with E-state index in [1.165, 1.54) is 7.11 Å². The molecule has 1 amide bonds. The van der Waals surface area contributed by atoms with Crippen LogP contribution in [-0.2, 0) is 37.5 Å². The van der Waals surface area contributed by atoms with Gasteiger partial charge >= 0.3 is 11.9 Å². The number of hydrogen-bond donors (Lipinski definition) is 3. The summed E-state index contributed by atoms with van der Waals surface area (Å²) in [6.45, 7) is -0.214. The van der Waals surface area contributed by atoms with Crippen molar-refractivity contribution < 1.29 is 24.2 Å². The van der Waals surface area contributed by atoms with Gasteiger partial charge in [0.25, 0.3) is 0 Å². The van der Waals surface area contributed by atoms with Gasteiger partial charge in [0, 0.05) is 36.3 Å². The number of para-hydroxylation sites is 1. The molecular weight excluding hydrogens is 630 g/mol. The maximum atomic E-state index is 13.4. The van der Waals surface area contributed by atoms with Crippen LogP contribution in [0.15, 0.2) is 134 Å². The Morgan fingerprint density at radius 2 is 1.44 bits per heavy atom. The maximum Gasteiger partial charge on any atom is 0.328 e. The van der Waals surface area contributed by atoms with Gasteiger partial charge in [-0.1, -0.05) is 109 Å². The highest BCUT2D eigenvalue weighted by molar-refractivity contribution is 5.86. The Balaban J connectivity index is 1.24. The fraction of sp³-hybridized carbons (Fsp3) is 0.200. The molecule has 0 bridgehead atoms. The van der Waals surface area contributed by atoms with Gasteiger partial charge in [0.2, 0.25) is 5.91 Å². The van der Waals surface area contributed by atoms with E-state index < -0.39 is 29.4 Å². The molecule has 0 radical (unpaired) electrons. The number of H-pyrrole nitrogens is 1. The van der Waals surface area contributed by atoms with E-state index in [4.69, 9.17) is 9.72 Å². The summed E-state index contributed by atoms with van der Waals surface area (Å²) in [6.07, 6.45) is 6.14. The predicted molar refractivity (Wildman–Crippen MR) is 191 cm³/mol. The highest BCUT2D eigenvalue weighted by Crippen LogP contribution is 2.40. The molecule has 6 rings (SSSR count). The fourth-order valence-corrected chi connectivity index (χ4v) is 6.65. The number of aromatic nitrogens is 3. The second-order valence-corrected chi connectivity index (χ2v) is 12.1. The number of carbonyl (C=O) groups excluding carboxylic acids is 2. The van der Waals surface area contributed by atoms with Crippen LogP contribution in [0.1, 0.15) is 27.9 Å². The van der Waals surface area contributed by atoms with E-state index in [0.29, 0.717) is 18.7 Å².